The van der Waals surface area contributed by atoms with E-state index >= 15 is 0 Å². The summed E-state index contributed by atoms with van der Waals surface area (Å²) in [5.74, 6) is 0.919. The van der Waals surface area contributed by atoms with Crippen molar-refractivity contribution < 1.29 is 4.74 Å². The van der Waals surface area contributed by atoms with Crippen molar-refractivity contribution in [3.63, 3.8) is 0 Å². The van der Waals surface area contributed by atoms with E-state index in [-0.39, 0.29) is 0 Å². The minimum Gasteiger partial charge on any atom is -0.487 e. The van der Waals surface area contributed by atoms with Gasteiger partial charge < -0.3 is 14.6 Å². The zero-order valence-corrected chi connectivity index (χ0v) is 10.2. The number of para-hydroxylation sites is 1. The zero-order chi connectivity index (χ0) is 12.1. The van der Waals surface area contributed by atoms with Gasteiger partial charge in [0, 0.05) is 19.2 Å². The first-order valence-electron chi connectivity index (χ1n) is 5.61. The van der Waals surface area contributed by atoms with Gasteiger partial charge in [0.05, 0.1) is 18.2 Å². The molecule has 90 valence electrons. The highest BCUT2D eigenvalue weighted by Crippen LogP contribution is 2.18. The lowest BCUT2D eigenvalue weighted by Crippen LogP contribution is -2.08. The summed E-state index contributed by atoms with van der Waals surface area (Å²) in [4.78, 5) is 4.06. The van der Waals surface area contributed by atoms with E-state index in [9.17, 15) is 0 Å². The minimum atomic E-state index is 0.539. The average molecular weight is 231 g/mol. The van der Waals surface area contributed by atoms with E-state index in [0.29, 0.717) is 6.61 Å². The number of aromatic nitrogens is 2. The van der Waals surface area contributed by atoms with Crippen molar-refractivity contribution in [1.29, 1.82) is 0 Å². The summed E-state index contributed by atoms with van der Waals surface area (Å²) in [6.07, 6.45) is 3.60. The summed E-state index contributed by atoms with van der Waals surface area (Å²) < 4.78 is 7.77. The van der Waals surface area contributed by atoms with Crippen LogP contribution in [0.3, 0.4) is 0 Å². The SMILES string of the molecule is CNCc1ccccc1OCc1cncn1C. The van der Waals surface area contributed by atoms with Gasteiger partial charge in [0.2, 0.25) is 0 Å². The van der Waals surface area contributed by atoms with Crippen LogP contribution < -0.4 is 10.1 Å². The number of benzene rings is 1. The third-order valence-corrected chi connectivity index (χ3v) is 2.63. The number of imidazole rings is 1. The molecule has 2 rings (SSSR count). The molecule has 17 heavy (non-hydrogen) atoms. The second kappa shape index (κ2) is 5.50. The third-order valence-electron chi connectivity index (χ3n) is 2.63. The quantitative estimate of drug-likeness (QED) is 0.851. The lowest BCUT2D eigenvalue weighted by Gasteiger charge is -2.11. The highest BCUT2D eigenvalue weighted by Gasteiger charge is 2.04. The van der Waals surface area contributed by atoms with Gasteiger partial charge in [-0.2, -0.15) is 0 Å². The lowest BCUT2D eigenvalue weighted by molar-refractivity contribution is 0.293. The van der Waals surface area contributed by atoms with Crippen molar-refractivity contribution in [3.8, 4) is 5.75 Å². The van der Waals surface area contributed by atoms with E-state index in [2.05, 4.69) is 16.4 Å². The van der Waals surface area contributed by atoms with Crippen molar-refractivity contribution >= 4 is 0 Å². The van der Waals surface area contributed by atoms with Crippen LogP contribution in [0.2, 0.25) is 0 Å². The van der Waals surface area contributed by atoms with Crippen LogP contribution in [0.1, 0.15) is 11.3 Å². The molecule has 0 saturated heterocycles. The predicted octanol–water partition coefficient (Wildman–Crippen LogP) is 1.72. The van der Waals surface area contributed by atoms with Gasteiger partial charge in [0.1, 0.15) is 12.4 Å². The van der Waals surface area contributed by atoms with Crippen molar-refractivity contribution in [2.75, 3.05) is 7.05 Å². The van der Waals surface area contributed by atoms with Gasteiger partial charge in [-0.3, -0.25) is 0 Å². The summed E-state index contributed by atoms with van der Waals surface area (Å²) in [6, 6.07) is 8.06. The molecule has 0 aliphatic rings. The fourth-order valence-corrected chi connectivity index (χ4v) is 1.66. The second-order valence-corrected chi connectivity index (χ2v) is 3.92. The van der Waals surface area contributed by atoms with Gasteiger partial charge in [-0.05, 0) is 13.1 Å². The number of ether oxygens (including phenoxy) is 1. The molecule has 4 heteroatoms. The van der Waals surface area contributed by atoms with Crippen LogP contribution in [-0.2, 0) is 20.2 Å². The van der Waals surface area contributed by atoms with Crippen LogP contribution in [0, 0.1) is 0 Å². The molecule has 0 aliphatic heterocycles. The second-order valence-electron chi connectivity index (χ2n) is 3.92. The van der Waals surface area contributed by atoms with Crippen molar-refractivity contribution in [3.05, 3.63) is 48.0 Å². The molecule has 1 aromatic carbocycles. The van der Waals surface area contributed by atoms with Crippen LogP contribution in [0.4, 0.5) is 0 Å². The fraction of sp³-hybridized carbons (Fsp3) is 0.308. The molecule has 1 heterocycles. The number of hydrogen-bond donors (Lipinski definition) is 1. The first kappa shape index (κ1) is 11.7. The molecule has 0 unspecified atom stereocenters. The van der Waals surface area contributed by atoms with Crippen LogP contribution in [-0.4, -0.2) is 16.6 Å². The Morgan fingerprint density at radius 1 is 1.35 bits per heavy atom. The fourth-order valence-electron chi connectivity index (χ4n) is 1.66. The first-order chi connectivity index (χ1) is 8.31. The monoisotopic (exact) mass is 231 g/mol. The van der Waals surface area contributed by atoms with E-state index in [4.69, 9.17) is 4.74 Å². The molecule has 0 atom stereocenters. The Morgan fingerprint density at radius 3 is 2.88 bits per heavy atom. The minimum absolute atomic E-state index is 0.539. The molecule has 0 spiro atoms. The van der Waals surface area contributed by atoms with Gasteiger partial charge in [0.25, 0.3) is 0 Å². The molecule has 2 aromatic rings. The molecule has 0 amide bonds. The van der Waals surface area contributed by atoms with Gasteiger partial charge in [0.15, 0.2) is 0 Å². The van der Waals surface area contributed by atoms with E-state index in [1.54, 1.807) is 6.33 Å². The Hall–Kier alpha value is -1.81. The molecule has 0 aliphatic carbocycles. The number of hydrogen-bond acceptors (Lipinski definition) is 3. The molecule has 1 aromatic heterocycles. The Labute approximate surface area is 101 Å². The molecule has 0 saturated carbocycles. The maximum absolute atomic E-state index is 5.81. The lowest BCUT2D eigenvalue weighted by atomic mass is 10.2. The number of aryl methyl sites for hydroxylation is 1. The van der Waals surface area contributed by atoms with Crippen LogP contribution >= 0.6 is 0 Å². The van der Waals surface area contributed by atoms with Gasteiger partial charge >= 0.3 is 0 Å². The van der Waals surface area contributed by atoms with Crippen LogP contribution in [0.5, 0.6) is 5.75 Å². The molecule has 4 nitrogen and oxygen atoms in total. The summed E-state index contributed by atoms with van der Waals surface area (Å²) in [7, 11) is 3.89. The van der Waals surface area contributed by atoms with Gasteiger partial charge in [-0.15, -0.1) is 0 Å². The zero-order valence-electron chi connectivity index (χ0n) is 10.2. The van der Waals surface area contributed by atoms with Crippen molar-refractivity contribution in [2.24, 2.45) is 7.05 Å². The third kappa shape index (κ3) is 2.85. The van der Waals surface area contributed by atoms with E-state index in [1.165, 1.54) is 0 Å². The number of rotatable bonds is 5. The molecule has 0 radical (unpaired) electrons. The van der Waals surface area contributed by atoms with E-state index in [0.717, 1.165) is 23.6 Å². The molecule has 1 N–H and O–H groups in total. The largest absolute Gasteiger partial charge is 0.487 e. The van der Waals surface area contributed by atoms with Crippen LogP contribution in [0.15, 0.2) is 36.8 Å². The van der Waals surface area contributed by atoms with Crippen molar-refractivity contribution in [1.82, 2.24) is 14.9 Å². The Kier molecular flexibility index (Phi) is 3.77. The molecule has 0 fully saturated rings. The summed E-state index contributed by atoms with van der Waals surface area (Å²) >= 11 is 0. The smallest absolute Gasteiger partial charge is 0.130 e. The molecule has 0 bridgehead atoms. The van der Waals surface area contributed by atoms with Crippen LogP contribution in [0.25, 0.3) is 0 Å². The summed E-state index contributed by atoms with van der Waals surface area (Å²) in [6.45, 7) is 1.35. The predicted molar refractivity (Wildman–Crippen MR) is 66.7 cm³/mol. The van der Waals surface area contributed by atoms with Gasteiger partial charge in [-0.25, -0.2) is 4.98 Å². The van der Waals surface area contributed by atoms with E-state index in [1.807, 2.05) is 43.1 Å². The normalized spacial score (nSPS) is 10.5. The van der Waals surface area contributed by atoms with Crippen molar-refractivity contribution in [2.45, 2.75) is 13.2 Å². The number of nitrogens with one attached hydrogen (secondary N) is 1. The van der Waals surface area contributed by atoms with Gasteiger partial charge in [-0.1, -0.05) is 18.2 Å². The topological polar surface area (TPSA) is 39.1 Å². The average Bonchev–Trinajstić information content (AvgIpc) is 2.74. The Morgan fingerprint density at radius 2 is 2.18 bits per heavy atom. The summed E-state index contributed by atoms with van der Waals surface area (Å²) in [5.41, 5.74) is 2.22. The highest BCUT2D eigenvalue weighted by molar-refractivity contribution is 5.33. The standard InChI is InChI=1S/C13H17N3O/c1-14-7-11-5-3-4-6-13(11)17-9-12-8-15-10-16(12)2/h3-6,8,10,14H,7,9H2,1-2H3. The Balaban J connectivity index is 2.06. The maximum Gasteiger partial charge on any atom is 0.130 e. The Bertz CT molecular complexity index is 479. The molecular formula is C13H17N3O. The van der Waals surface area contributed by atoms with E-state index < -0.39 is 0 Å². The molecular weight excluding hydrogens is 214 g/mol. The highest BCUT2D eigenvalue weighted by atomic mass is 16.5. The first-order valence-corrected chi connectivity index (χ1v) is 5.61. The number of nitrogens with zero attached hydrogens (tertiary/aromatic N) is 2. The maximum atomic E-state index is 5.81. The summed E-state index contributed by atoms with van der Waals surface area (Å²) in [5, 5.41) is 3.13.